The minimum Gasteiger partial charge on any atom is -0.462 e. The zero-order chi connectivity index (χ0) is 39.0. The number of esters is 3. The summed E-state index contributed by atoms with van der Waals surface area (Å²) in [6, 6.07) is 0. The lowest BCUT2D eigenvalue weighted by molar-refractivity contribution is -0.167. The Morgan fingerprint density at radius 1 is 0.396 bits per heavy atom. The van der Waals surface area contributed by atoms with Gasteiger partial charge in [-0.25, -0.2) is 0 Å². The van der Waals surface area contributed by atoms with Crippen LogP contribution < -0.4 is 0 Å². The summed E-state index contributed by atoms with van der Waals surface area (Å²) in [5, 5.41) is 0. The number of hydrogen-bond acceptors (Lipinski definition) is 6. The lowest BCUT2D eigenvalue weighted by Crippen LogP contribution is -2.30. The molecule has 0 saturated heterocycles. The van der Waals surface area contributed by atoms with Crippen LogP contribution in [-0.2, 0) is 28.6 Å². The highest BCUT2D eigenvalue weighted by atomic mass is 16.6. The molecule has 53 heavy (non-hydrogen) atoms. The maximum atomic E-state index is 12.7. The first-order valence-electron chi connectivity index (χ1n) is 23.3. The van der Waals surface area contributed by atoms with Crippen molar-refractivity contribution in [3.8, 4) is 0 Å². The second-order valence-corrected chi connectivity index (χ2v) is 16.8. The first-order chi connectivity index (χ1) is 25.8. The van der Waals surface area contributed by atoms with E-state index in [1.165, 1.54) is 141 Å². The molecule has 0 amide bonds. The molecule has 0 bridgehead atoms. The predicted molar refractivity (Wildman–Crippen MR) is 224 cm³/mol. The zero-order valence-corrected chi connectivity index (χ0v) is 36.1. The van der Waals surface area contributed by atoms with Crippen molar-refractivity contribution in [2.24, 2.45) is 11.8 Å². The van der Waals surface area contributed by atoms with Crippen LogP contribution in [0.15, 0.2) is 0 Å². The molecule has 0 aliphatic rings. The van der Waals surface area contributed by atoms with Crippen molar-refractivity contribution in [2.45, 2.75) is 259 Å². The van der Waals surface area contributed by atoms with E-state index in [1.807, 2.05) is 0 Å². The predicted octanol–water partition coefficient (Wildman–Crippen LogP) is 14.6. The lowest BCUT2D eigenvalue weighted by Gasteiger charge is -2.18. The molecule has 0 spiro atoms. The van der Waals surface area contributed by atoms with Gasteiger partial charge in [-0.15, -0.1) is 0 Å². The zero-order valence-electron chi connectivity index (χ0n) is 36.1. The van der Waals surface area contributed by atoms with Crippen molar-refractivity contribution < 1.29 is 28.6 Å². The van der Waals surface area contributed by atoms with Crippen LogP contribution in [0.25, 0.3) is 0 Å². The summed E-state index contributed by atoms with van der Waals surface area (Å²) in [6.45, 7) is 11.3. The number of carbonyl (C=O) groups excluding carboxylic acids is 3. The summed E-state index contributed by atoms with van der Waals surface area (Å²) >= 11 is 0. The van der Waals surface area contributed by atoms with E-state index in [9.17, 15) is 14.4 Å². The second-order valence-electron chi connectivity index (χ2n) is 16.8. The van der Waals surface area contributed by atoms with Crippen LogP contribution in [0.3, 0.4) is 0 Å². The van der Waals surface area contributed by atoms with Gasteiger partial charge in [-0.05, 0) is 31.1 Å². The highest BCUT2D eigenvalue weighted by molar-refractivity contribution is 5.71. The maximum Gasteiger partial charge on any atom is 0.306 e. The molecule has 0 radical (unpaired) electrons. The summed E-state index contributed by atoms with van der Waals surface area (Å²) in [4.78, 5) is 37.6. The van der Waals surface area contributed by atoms with E-state index >= 15 is 0 Å². The molecule has 1 unspecified atom stereocenters. The molecule has 0 aliphatic carbocycles. The Labute approximate surface area is 329 Å². The molecule has 2 atom stereocenters. The monoisotopic (exact) mass is 751 g/mol. The number of hydrogen-bond donors (Lipinski definition) is 0. The molecule has 314 valence electrons. The molecule has 0 saturated carbocycles. The fourth-order valence-corrected chi connectivity index (χ4v) is 6.90. The van der Waals surface area contributed by atoms with Gasteiger partial charge in [-0.2, -0.15) is 0 Å². The Kier molecular flexibility index (Phi) is 38.9. The Bertz CT molecular complexity index is 811. The molecule has 6 heteroatoms. The summed E-state index contributed by atoms with van der Waals surface area (Å²) in [6.07, 6.45) is 38.0. The van der Waals surface area contributed by atoms with E-state index in [1.54, 1.807) is 0 Å². The minimum absolute atomic E-state index is 0.0651. The van der Waals surface area contributed by atoms with Crippen molar-refractivity contribution in [1.29, 1.82) is 0 Å². The van der Waals surface area contributed by atoms with Crippen LogP contribution in [-0.4, -0.2) is 37.2 Å². The average molecular weight is 751 g/mol. The number of unbranched alkanes of at least 4 members (excludes halogenated alkanes) is 25. The van der Waals surface area contributed by atoms with Gasteiger partial charge in [0.05, 0.1) is 0 Å². The van der Waals surface area contributed by atoms with Crippen LogP contribution >= 0.6 is 0 Å². The van der Waals surface area contributed by atoms with Crippen molar-refractivity contribution in [3.63, 3.8) is 0 Å². The average Bonchev–Trinajstić information content (AvgIpc) is 3.14. The summed E-state index contributed by atoms with van der Waals surface area (Å²) in [7, 11) is 0. The van der Waals surface area contributed by atoms with E-state index in [0.29, 0.717) is 19.3 Å². The van der Waals surface area contributed by atoms with Gasteiger partial charge in [-0.3, -0.25) is 14.4 Å². The normalized spacial score (nSPS) is 12.6. The molecule has 0 rings (SSSR count). The van der Waals surface area contributed by atoms with Crippen LogP contribution in [0.4, 0.5) is 0 Å². The molecule has 0 aromatic rings. The number of rotatable bonds is 41. The van der Waals surface area contributed by atoms with Crippen molar-refractivity contribution in [3.05, 3.63) is 0 Å². The smallest absolute Gasteiger partial charge is 0.306 e. The Morgan fingerprint density at radius 3 is 1.08 bits per heavy atom. The van der Waals surface area contributed by atoms with Crippen molar-refractivity contribution in [1.82, 2.24) is 0 Å². The highest BCUT2D eigenvalue weighted by Crippen LogP contribution is 2.17. The molecular weight excluding hydrogens is 661 g/mol. The third-order valence-electron chi connectivity index (χ3n) is 10.8. The van der Waals surface area contributed by atoms with Crippen molar-refractivity contribution in [2.75, 3.05) is 13.2 Å². The standard InChI is InChI=1S/C47H90O6/c1-6-8-9-10-20-27-32-37-45(48)51-40-44(53-47(50)39-34-29-24-19-13-11-12-16-21-25-30-35-42(3)4)41-52-46(49)38-33-28-23-18-15-14-17-22-26-31-36-43(5)7-2/h42-44H,6-41H2,1-5H3/t43?,44-/m1/s1. The first kappa shape index (κ1) is 51.4. The molecule has 0 N–H and O–H groups in total. The first-order valence-corrected chi connectivity index (χ1v) is 23.3. The van der Waals surface area contributed by atoms with E-state index in [2.05, 4.69) is 34.6 Å². The van der Waals surface area contributed by atoms with Gasteiger partial charge in [-0.1, -0.05) is 214 Å². The molecule has 0 aromatic carbocycles. The van der Waals surface area contributed by atoms with Crippen LogP contribution in [0.1, 0.15) is 253 Å². The fraction of sp³-hybridized carbons (Fsp3) is 0.936. The summed E-state index contributed by atoms with van der Waals surface area (Å²) < 4.78 is 16.7. The molecular formula is C47H90O6. The summed E-state index contributed by atoms with van der Waals surface area (Å²) in [5.41, 5.74) is 0. The number of carbonyl (C=O) groups is 3. The quantitative estimate of drug-likeness (QED) is 0.0352. The third kappa shape index (κ3) is 39.9. The van der Waals surface area contributed by atoms with Gasteiger partial charge in [0, 0.05) is 19.3 Å². The van der Waals surface area contributed by atoms with Gasteiger partial charge in [0.15, 0.2) is 6.10 Å². The molecule has 0 heterocycles. The second kappa shape index (κ2) is 40.1. The molecule has 0 fully saturated rings. The van der Waals surface area contributed by atoms with E-state index in [0.717, 1.165) is 69.6 Å². The fourth-order valence-electron chi connectivity index (χ4n) is 6.90. The van der Waals surface area contributed by atoms with E-state index in [-0.39, 0.29) is 31.1 Å². The Morgan fingerprint density at radius 2 is 0.717 bits per heavy atom. The van der Waals surface area contributed by atoms with Crippen LogP contribution in [0.2, 0.25) is 0 Å². The van der Waals surface area contributed by atoms with Crippen LogP contribution in [0, 0.1) is 11.8 Å². The highest BCUT2D eigenvalue weighted by Gasteiger charge is 2.19. The molecule has 0 aliphatic heterocycles. The van der Waals surface area contributed by atoms with Crippen molar-refractivity contribution >= 4 is 17.9 Å². The largest absolute Gasteiger partial charge is 0.462 e. The third-order valence-corrected chi connectivity index (χ3v) is 10.8. The Hall–Kier alpha value is -1.59. The summed E-state index contributed by atoms with van der Waals surface area (Å²) in [5.74, 6) is 0.832. The molecule has 0 aromatic heterocycles. The number of ether oxygens (including phenoxy) is 3. The lowest BCUT2D eigenvalue weighted by atomic mass is 9.99. The van der Waals surface area contributed by atoms with E-state index in [4.69, 9.17) is 14.2 Å². The van der Waals surface area contributed by atoms with Gasteiger partial charge >= 0.3 is 17.9 Å². The van der Waals surface area contributed by atoms with Gasteiger partial charge in [0.1, 0.15) is 13.2 Å². The maximum absolute atomic E-state index is 12.7. The van der Waals surface area contributed by atoms with Gasteiger partial charge in [0.2, 0.25) is 0 Å². The van der Waals surface area contributed by atoms with E-state index < -0.39 is 6.10 Å². The topological polar surface area (TPSA) is 78.9 Å². The Balaban J connectivity index is 4.27. The van der Waals surface area contributed by atoms with Gasteiger partial charge in [0.25, 0.3) is 0 Å². The SMILES string of the molecule is CCCCCCCCCC(=O)OC[C@H](COC(=O)CCCCCCCCCCCCC(C)CC)OC(=O)CCCCCCCCCCCCCC(C)C. The molecule has 6 nitrogen and oxygen atoms in total. The van der Waals surface area contributed by atoms with Crippen LogP contribution in [0.5, 0.6) is 0 Å². The minimum atomic E-state index is -0.759. The van der Waals surface area contributed by atoms with Gasteiger partial charge < -0.3 is 14.2 Å².